The van der Waals surface area contributed by atoms with Crippen LogP contribution in [0, 0.1) is 0 Å². The van der Waals surface area contributed by atoms with Gasteiger partial charge < -0.3 is 38.6 Å². The first kappa shape index (κ1) is 30.0. The van der Waals surface area contributed by atoms with Gasteiger partial charge in [-0.3, -0.25) is 0 Å². The highest BCUT2D eigenvalue weighted by Gasteiger charge is 2.19. The van der Waals surface area contributed by atoms with Gasteiger partial charge in [0.2, 0.25) is 11.6 Å². The maximum atomic E-state index is 8.93. The first-order valence-corrected chi connectivity index (χ1v) is 13.5. The molecule has 6 rings (SSSR count). The van der Waals surface area contributed by atoms with Crippen LogP contribution in [0.2, 0.25) is 0 Å². The van der Waals surface area contributed by atoms with Crippen molar-refractivity contribution in [2.45, 2.75) is 12.8 Å². The molecular weight excluding hydrogens is 540 g/mol. The number of benzene rings is 2. The van der Waals surface area contributed by atoms with Gasteiger partial charge >= 0.3 is 0 Å². The largest absolute Gasteiger partial charge is 0.543 e. The summed E-state index contributed by atoms with van der Waals surface area (Å²) in [6, 6.07) is 19.8. The molecule has 12 heteroatoms. The van der Waals surface area contributed by atoms with Crippen LogP contribution in [0.4, 0.5) is 0 Å². The lowest BCUT2D eigenvalue weighted by molar-refractivity contribution is -0.874. The van der Waals surface area contributed by atoms with Crippen LogP contribution in [-0.4, -0.2) is 72.5 Å². The summed E-state index contributed by atoms with van der Waals surface area (Å²) in [7, 11) is 4.38. The lowest BCUT2D eigenvalue weighted by Gasteiger charge is -2.17. The smallest absolute Gasteiger partial charge is 0.254 e. The van der Waals surface area contributed by atoms with E-state index in [1.54, 1.807) is 0 Å². The Bertz CT molecular complexity index is 1410. The molecule has 0 saturated carbocycles. The first-order chi connectivity index (χ1) is 20.3. The highest BCUT2D eigenvalue weighted by Crippen LogP contribution is 2.22. The molecule has 0 radical (unpaired) electrons. The van der Waals surface area contributed by atoms with E-state index in [9.17, 15) is 0 Å². The number of nitrogens with one attached hydrogen (secondary N) is 2. The Balaban J connectivity index is 0.000000162. The average Bonchev–Trinajstić information content (AvgIpc) is 3.71. The summed E-state index contributed by atoms with van der Waals surface area (Å²) in [5, 5.41) is 25.9. The molecule has 2 aliphatic rings. The van der Waals surface area contributed by atoms with Crippen molar-refractivity contribution in [2.24, 2.45) is 0 Å². The lowest BCUT2D eigenvalue weighted by Crippen LogP contribution is -3.09. The Labute approximate surface area is 242 Å². The third kappa shape index (κ3) is 8.53. The summed E-state index contributed by atoms with van der Waals surface area (Å²) < 4.78 is 10.7. The molecule has 42 heavy (non-hydrogen) atoms. The molecule has 4 heterocycles. The molecule has 0 amide bonds. The summed E-state index contributed by atoms with van der Waals surface area (Å²) in [4.78, 5) is 29.8. The second kappa shape index (κ2) is 14.6. The van der Waals surface area contributed by atoms with E-state index in [-0.39, 0.29) is 0 Å². The number of carbonyl (C=O) groups is 2. The maximum Gasteiger partial charge on any atom is 0.254 e. The van der Waals surface area contributed by atoms with Crippen molar-refractivity contribution >= 4 is 23.1 Å². The molecule has 0 aliphatic carbocycles. The van der Waals surface area contributed by atoms with Gasteiger partial charge in [0.05, 0.1) is 52.2 Å². The van der Waals surface area contributed by atoms with E-state index in [0.29, 0.717) is 23.4 Å². The number of carboxylic acids is 2. The molecule has 12 nitrogen and oxygen atoms in total. The summed E-state index contributed by atoms with van der Waals surface area (Å²) in [5.41, 5.74) is 4.34. The maximum absolute atomic E-state index is 8.93. The van der Waals surface area contributed by atoms with Gasteiger partial charge in [-0.1, -0.05) is 71.0 Å². The van der Waals surface area contributed by atoms with Gasteiger partial charge in [-0.05, 0) is 12.2 Å². The van der Waals surface area contributed by atoms with Crippen LogP contribution >= 0.6 is 0 Å². The number of hydrogen-bond acceptors (Lipinski definition) is 10. The van der Waals surface area contributed by atoms with Crippen molar-refractivity contribution < 1.29 is 38.6 Å². The fraction of sp³-hybridized carbons (Fsp3) is 0.267. The number of carboxylic acid groups (broad SMARTS) is 2. The molecule has 2 aromatic carbocycles. The fourth-order valence-corrected chi connectivity index (χ4v) is 4.20. The number of carbonyl (C=O) groups excluding carboxylic acids is 2. The minimum absolute atomic E-state index is 0.665. The number of aliphatic carboxylic acids is 2. The minimum Gasteiger partial charge on any atom is -0.543 e. The van der Waals surface area contributed by atoms with Crippen LogP contribution in [-0.2, 0) is 9.59 Å². The first-order valence-electron chi connectivity index (χ1n) is 13.5. The number of likely N-dealkylation sites (N-methyl/N-ethyl adjacent to an activating group) is 2. The summed E-state index contributed by atoms with van der Waals surface area (Å²) in [5.74, 6) is -1.71. The van der Waals surface area contributed by atoms with E-state index < -0.39 is 11.9 Å². The van der Waals surface area contributed by atoms with E-state index in [2.05, 4.69) is 46.5 Å². The van der Waals surface area contributed by atoms with Crippen LogP contribution in [0.1, 0.15) is 24.6 Å². The number of nitrogens with zero attached hydrogens (tertiary/aromatic N) is 4. The molecule has 2 atom stereocenters. The van der Waals surface area contributed by atoms with Gasteiger partial charge in [0.25, 0.3) is 11.8 Å². The molecule has 4 aromatic rings. The number of rotatable bonds is 4. The van der Waals surface area contributed by atoms with Crippen molar-refractivity contribution in [1.29, 1.82) is 0 Å². The second-order valence-electron chi connectivity index (χ2n) is 9.93. The standard InChI is InChI=1S/2C14H15N3O.C2H2O4/c2*1-17-9-7-12(8-10-17)14-15-13(16-18-14)11-5-3-2-4-6-11;3-1(4)2(5)6/h2*2-7H,8-10H2,1H3;(H,3,4)(H,5,6). The highest BCUT2D eigenvalue weighted by atomic mass is 16.5. The molecule has 2 unspecified atom stereocenters. The zero-order chi connectivity index (χ0) is 29.9. The lowest BCUT2D eigenvalue weighted by atomic mass is 10.1. The predicted octanol–water partition coefficient (Wildman–Crippen LogP) is -1.44. The summed E-state index contributed by atoms with van der Waals surface area (Å²) in [6.07, 6.45) is 6.40. The van der Waals surface area contributed by atoms with E-state index in [1.807, 2.05) is 60.7 Å². The summed E-state index contributed by atoms with van der Waals surface area (Å²) >= 11 is 0. The average molecular weight is 573 g/mol. The number of aromatic nitrogens is 4. The fourth-order valence-electron chi connectivity index (χ4n) is 4.20. The topological polar surface area (TPSA) is 167 Å². The Morgan fingerprint density at radius 3 is 1.36 bits per heavy atom. The van der Waals surface area contributed by atoms with E-state index in [1.165, 1.54) is 20.9 Å². The van der Waals surface area contributed by atoms with Gasteiger partial charge in [0.1, 0.15) is 0 Å². The molecular formula is C30H32N6O6. The Hall–Kier alpha value is -4.94. The Morgan fingerprint density at radius 1 is 0.667 bits per heavy atom. The molecule has 0 saturated heterocycles. The zero-order valence-electron chi connectivity index (χ0n) is 23.4. The van der Waals surface area contributed by atoms with Gasteiger partial charge in [-0.2, -0.15) is 9.97 Å². The highest BCUT2D eigenvalue weighted by molar-refractivity contribution is 6.25. The molecule has 2 aromatic heterocycles. The zero-order valence-corrected chi connectivity index (χ0v) is 23.4. The molecule has 0 fully saturated rings. The van der Waals surface area contributed by atoms with Gasteiger partial charge in [0.15, 0.2) is 0 Å². The van der Waals surface area contributed by atoms with Crippen molar-refractivity contribution in [2.75, 3.05) is 40.3 Å². The summed E-state index contributed by atoms with van der Waals surface area (Å²) in [6.45, 7) is 4.29. The molecule has 2 N–H and O–H groups in total. The van der Waals surface area contributed by atoms with Gasteiger partial charge in [0, 0.05) is 35.1 Å². The van der Waals surface area contributed by atoms with E-state index in [0.717, 1.165) is 50.1 Å². The second-order valence-corrected chi connectivity index (χ2v) is 9.93. The van der Waals surface area contributed by atoms with Crippen LogP contribution in [0.3, 0.4) is 0 Å². The van der Waals surface area contributed by atoms with Crippen molar-refractivity contribution in [3.63, 3.8) is 0 Å². The quantitative estimate of drug-likeness (QED) is 0.277. The monoisotopic (exact) mass is 572 g/mol. The van der Waals surface area contributed by atoms with Crippen LogP contribution in [0.5, 0.6) is 0 Å². The minimum atomic E-state index is -2.19. The van der Waals surface area contributed by atoms with E-state index in [4.69, 9.17) is 28.8 Å². The van der Waals surface area contributed by atoms with Crippen LogP contribution in [0.15, 0.2) is 81.9 Å². The van der Waals surface area contributed by atoms with Crippen molar-refractivity contribution in [1.82, 2.24) is 20.3 Å². The van der Waals surface area contributed by atoms with Gasteiger partial charge in [-0.25, -0.2) is 0 Å². The third-order valence-corrected chi connectivity index (χ3v) is 6.67. The molecule has 218 valence electrons. The molecule has 0 bridgehead atoms. The predicted molar refractivity (Wildman–Crippen MR) is 148 cm³/mol. The number of hydrogen-bond donors (Lipinski definition) is 2. The van der Waals surface area contributed by atoms with Crippen molar-refractivity contribution in [3.05, 3.63) is 84.6 Å². The number of quaternary nitrogens is 2. The molecule has 2 aliphatic heterocycles. The third-order valence-electron chi connectivity index (χ3n) is 6.67. The Kier molecular flexibility index (Phi) is 10.5. The van der Waals surface area contributed by atoms with E-state index >= 15 is 0 Å². The van der Waals surface area contributed by atoms with Crippen molar-refractivity contribution in [3.8, 4) is 22.8 Å². The van der Waals surface area contributed by atoms with Gasteiger partial charge in [-0.15, -0.1) is 0 Å². The Morgan fingerprint density at radius 2 is 1.05 bits per heavy atom. The molecule has 0 spiro atoms. The normalized spacial score (nSPS) is 17.9. The SMILES string of the molecule is C[NH+]1CC=C(c2nc(-c3ccccc3)no2)CC1.C[NH+]1CC=C(c2nc(-c3ccccc3)no2)CC1.O=C([O-])C(=O)[O-]. The van der Waals surface area contributed by atoms with Crippen LogP contribution in [0.25, 0.3) is 33.9 Å². The van der Waals surface area contributed by atoms with Crippen LogP contribution < -0.4 is 20.0 Å².